The first-order chi connectivity index (χ1) is 8.31. The van der Waals surface area contributed by atoms with Gasteiger partial charge in [-0.25, -0.2) is 0 Å². The van der Waals surface area contributed by atoms with Crippen LogP contribution in [-0.4, -0.2) is 45.7 Å². The van der Waals surface area contributed by atoms with Gasteiger partial charge in [-0.1, -0.05) is 6.92 Å². The first-order valence-electron chi connectivity index (χ1n) is 6.39. The van der Waals surface area contributed by atoms with E-state index >= 15 is 0 Å². The minimum Gasteiger partial charge on any atom is -0.382 e. The second-order valence-electron chi connectivity index (χ2n) is 5.08. The summed E-state index contributed by atoms with van der Waals surface area (Å²) in [6.45, 7) is 4.82. The molecule has 102 valence electrons. The molecule has 0 aromatic heterocycles. The molecule has 1 heterocycles. The lowest BCUT2D eigenvalue weighted by atomic mass is 9.93. The van der Waals surface area contributed by atoms with Crippen LogP contribution < -0.4 is 0 Å². The number of carbonyl (C=O) groups excluding carboxylic acids is 3. The van der Waals surface area contributed by atoms with Crippen molar-refractivity contribution in [3.05, 3.63) is 0 Å². The number of hydrogen-bond acceptors (Lipinski definition) is 4. The molecule has 0 spiro atoms. The van der Waals surface area contributed by atoms with E-state index < -0.39 is 23.3 Å². The van der Waals surface area contributed by atoms with E-state index in [1.165, 1.54) is 18.7 Å². The van der Waals surface area contributed by atoms with Crippen LogP contribution in [0, 0.1) is 0 Å². The lowest BCUT2D eigenvalue weighted by Gasteiger charge is -2.35. The van der Waals surface area contributed by atoms with Gasteiger partial charge in [0.1, 0.15) is 5.60 Å². The Morgan fingerprint density at radius 2 is 1.94 bits per heavy atom. The average Bonchev–Trinajstić information content (AvgIpc) is 2.36. The van der Waals surface area contributed by atoms with Crippen molar-refractivity contribution >= 4 is 17.5 Å². The number of likely N-dealkylation sites (tertiary alicyclic amines) is 1. The van der Waals surface area contributed by atoms with E-state index in [2.05, 4.69) is 0 Å². The predicted octanol–water partition coefficient (Wildman–Crippen LogP) is 0.687. The molecule has 0 aromatic rings. The van der Waals surface area contributed by atoms with Crippen molar-refractivity contribution in [1.82, 2.24) is 4.90 Å². The summed E-state index contributed by atoms with van der Waals surface area (Å²) in [5.74, 6) is -1.66. The minimum atomic E-state index is -1.64. The molecule has 0 aromatic carbocycles. The number of piperidine rings is 1. The molecule has 2 unspecified atom stereocenters. The molecule has 0 aliphatic carbocycles. The van der Waals surface area contributed by atoms with Gasteiger partial charge in [-0.15, -0.1) is 0 Å². The van der Waals surface area contributed by atoms with E-state index in [1.54, 1.807) is 6.92 Å². The highest BCUT2D eigenvalue weighted by Crippen LogP contribution is 2.20. The SMILES string of the molecule is CCC(C)(O)C(=O)C(=O)N1CCCCC1C(C)=O. The summed E-state index contributed by atoms with van der Waals surface area (Å²) in [7, 11) is 0. The zero-order valence-corrected chi connectivity index (χ0v) is 11.2. The van der Waals surface area contributed by atoms with Crippen molar-refractivity contribution in [3.63, 3.8) is 0 Å². The molecule has 0 radical (unpaired) electrons. The van der Waals surface area contributed by atoms with Gasteiger partial charge in [-0.2, -0.15) is 0 Å². The normalized spacial score (nSPS) is 23.3. The van der Waals surface area contributed by atoms with Crippen LogP contribution in [0.15, 0.2) is 0 Å². The number of carbonyl (C=O) groups is 3. The molecule has 18 heavy (non-hydrogen) atoms. The summed E-state index contributed by atoms with van der Waals surface area (Å²) in [4.78, 5) is 36.8. The van der Waals surface area contributed by atoms with E-state index in [4.69, 9.17) is 0 Å². The Morgan fingerprint density at radius 1 is 1.33 bits per heavy atom. The van der Waals surface area contributed by atoms with Crippen molar-refractivity contribution in [2.24, 2.45) is 0 Å². The fourth-order valence-corrected chi connectivity index (χ4v) is 2.12. The monoisotopic (exact) mass is 255 g/mol. The van der Waals surface area contributed by atoms with Gasteiger partial charge >= 0.3 is 0 Å². The van der Waals surface area contributed by atoms with Gasteiger partial charge in [0.05, 0.1) is 6.04 Å². The molecule has 1 saturated heterocycles. The fraction of sp³-hybridized carbons (Fsp3) is 0.769. The fourth-order valence-electron chi connectivity index (χ4n) is 2.12. The molecule has 1 aliphatic heterocycles. The maximum Gasteiger partial charge on any atom is 0.293 e. The Hall–Kier alpha value is -1.23. The van der Waals surface area contributed by atoms with Crippen LogP contribution in [0.25, 0.3) is 0 Å². The minimum absolute atomic E-state index is 0.105. The van der Waals surface area contributed by atoms with Gasteiger partial charge in [0, 0.05) is 6.54 Å². The number of nitrogens with zero attached hydrogens (tertiary/aromatic N) is 1. The first kappa shape index (κ1) is 14.8. The molecule has 1 rings (SSSR count). The lowest BCUT2D eigenvalue weighted by Crippen LogP contribution is -2.54. The Bertz CT molecular complexity index is 362. The van der Waals surface area contributed by atoms with Gasteiger partial charge in [0.15, 0.2) is 5.78 Å². The zero-order chi connectivity index (χ0) is 13.9. The quantitative estimate of drug-likeness (QED) is 0.750. The van der Waals surface area contributed by atoms with Gasteiger partial charge in [0.25, 0.3) is 11.7 Å². The molecule has 1 amide bonds. The van der Waals surface area contributed by atoms with Crippen LogP contribution >= 0.6 is 0 Å². The third-order valence-electron chi connectivity index (χ3n) is 3.60. The summed E-state index contributed by atoms with van der Waals surface area (Å²) in [6.07, 6.45) is 2.45. The Balaban J connectivity index is 2.87. The van der Waals surface area contributed by atoms with Crippen LogP contribution in [0.5, 0.6) is 0 Å². The second kappa shape index (κ2) is 5.61. The number of rotatable bonds is 4. The summed E-state index contributed by atoms with van der Waals surface area (Å²) in [6, 6.07) is -0.511. The molecular weight excluding hydrogens is 234 g/mol. The smallest absolute Gasteiger partial charge is 0.293 e. The number of Topliss-reactive ketones (excluding diaryl/α,β-unsaturated/α-hetero) is 2. The van der Waals surface area contributed by atoms with E-state index in [-0.39, 0.29) is 12.2 Å². The van der Waals surface area contributed by atoms with Crippen molar-refractivity contribution in [2.75, 3.05) is 6.54 Å². The standard InChI is InChI=1S/C13H21NO4/c1-4-13(3,18)11(16)12(17)14-8-6-5-7-10(14)9(2)15/h10,18H,4-8H2,1-3H3. The maximum absolute atomic E-state index is 12.1. The topological polar surface area (TPSA) is 74.7 Å². The van der Waals surface area contributed by atoms with Crippen LogP contribution in [-0.2, 0) is 14.4 Å². The van der Waals surface area contributed by atoms with E-state index in [1.807, 2.05) is 0 Å². The molecule has 0 bridgehead atoms. The predicted molar refractivity (Wildman–Crippen MR) is 66.0 cm³/mol. The van der Waals surface area contributed by atoms with Crippen molar-refractivity contribution < 1.29 is 19.5 Å². The molecule has 1 fully saturated rings. The molecule has 5 nitrogen and oxygen atoms in total. The third-order valence-corrected chi connectivity index (χ3v) is 3.60. The molecule has 1 N–H and O–H groups in total. The molecule has 0 saturated carbocycles. The van der Waals surface area contributed by atoms with Crippen molar-refractivity contribution in [2.45, 2.75) is 58.1 Å². The highest BCUT2D eigenvalue weighted by atomic mass is 16.3. The maximum atomic E-state index is 12.1. The van der Waals surface area contributed by atoms with Crippen LogP contribution in [0.3, 0.4) is 0 Å². The number of ketones is 2. The van der Waals surface area contributed by atoms with E-state index in [0.29, 0.717) is 13.0 Å². The lowest BCUT2D eigenvalue weighted by molar-refractivity contribution is -0.157. The van der Waals surface area contributed by atoms with E-state index in [9.17, 15) is 19.5 Å². The molecular formula is C13H21NO4. The number of hydrogen-bond donors (Lipinski definition) is 1. The summed E-state index contributed by atoms with van der Waals surface area (Å²) >= 11 is 0. The molecule has 1 aliphatic rings. The number of amides is 1. The highest BCUT2D eigenvalue weighted by molar-refractivity contribution is 6.39. The Labute approximate surface area is 107 Å². The Morgan fingerprint density at radius 3 is 2.44 bits per heavy atom. The van der Waals surface area contributed by atoms with Gasteiger partial charge in [-0.05, 0) is 39.5 Å². The van der Waals surface area contributed by atoms with Gasteiger partial charge in [-0.3, -0.25) is 14.4 Å². The number of aliphatic hydroxyl groups is 1. The van der Waals surface area contributed by atoms with E-state index in [0.717, 1.165) is 12.8 Å². The summed E-state index contributed by atoms with van der Waals surface area (Å²) in [5.41, 5.74) is -1.64. The Kier molecular flexibility index (Phi) is 4.62. The summed E-state index contributed by atoms with van der Waals surface area (Å²) < 4.78 is 0. The van der Waals surface area contributed by atoms with Crippen molar-refractivity contribution in [1.29, 1.82) is 0 Å². The zero-order valence-electron chi connectivity index (χ0n) is 11.2. The second-order valence-corrected chi connectivity index (χ2v) is 5.08. The highest BCUT2D eigenvalue weighted by Gasteiger charge is 2.40. The van der Waals surface area contributed by atoms with Crippen LogP contribution in [0.2, 0.25) is 0 Å². The van der Waals surface area contributed by atoms with Crippen LogP contribution in [0.4, 0.5) is 0 Å². The van der Waals surface area contributed by atoms with Crippen molar-refractivity contribution in [3.8, 4) is 0 Å². The summed E-state index contributed by atoms with van der Waals surface area (Å²) in [5, 5.41) is 9.84. The largest absolute Gasteiger partial charge is 0.382 e. The van der Waals surface area contributed by atoms with Gasteiger partial charge in [0.2, 0.25) is 0 Å². The first-order valence-corrected chi connectivity index (χ1v) is 6.39. The van der Waals surface area contributed by atoms with Crippen LogP contribution in [0.1, 0.15) is 46.5 Å². The van der Waals surface area contributed by atoms with Gasteiger partial charge < -0.3 is 10.0 Å². The average molecular weight is 255 g/mol. The molecule has 2 atom stereocenters. The third kappa shape index (κ3) is 2.96. The molecule has 5 heteroatoms.